The topological polar surface area (TPSA) is 69.3 Å². The molecule has 3 unspecified atom stereocenters. The minimum atomic E-state index is -0.189. The molecule has 0 saturated carbocycles. The highest BCUT2D eigenvalue weighted by Gasteiger charge is 2.37. The molecule has 5 heterocycles. The molecule has 3 aromatic rings. The largest absolute Gasteiger partial charge is 0.386 e. The van der Waals surface area contributed by atoms with Crippen LogP contribution in [0, 0.1) is 12.7 Å². The Balaban J connectivity index is 1.26. The Labute approximate surface area is 191 Å². The van der Waals surface area contributed by atoms with Crippen LogP contribution in [0.15, 0.2) is 30.3 Å². The van der Waals surface area contributed by atoms with E-state index < -0.39 is 0 Å². The zero-order valence-electron chi connectivity index (χ0n) is 18.5. The fraction of sp³-hybridized carbons (Fsp3) is 0.417. The number of piperidine rings is 1. The number of carbonyl (C=O) groups excluding carboxylic acids is 1. The SMILES string of the molecule is CNc1c(C(=O)NCC(C)c2ccc(N3CC4CC(C3)N4)c(F)c2)sc2nc(C)ccc12. The molecule has 0 spiro atoms. The highest BCUT2D eigenvalue weighted by Crippen LogP contribution is 2.35. The number of carbonyl (C=O) groups is 1. The number of piperazine rings is 1. The number of nitrogens with zero attached hydrogens (tertiary/aromatic N) is 2. The normalized spacial score (nSPS) is 20.7. The molecule has 3 aliphatic rings. The number of aryl methyl sites for hydroxylation is 1. The second-order valence-corrected chi connectivity index (χ2v) is 9.88. The zero-order chi connectivity index (χ0) is 22.4. The lowest BCUT2D eigenvalue weighted by atomic mass is 9.90. The number of nitrogens with one attached hydrogen (secondary N) is 3. The average molecular weight is 454 g/mol. The molecular weight excluding hydrogens is 425 g/mol. The molecule has 2 aromatic heterocycles. The van der Waals surface area contributed by atoms with Crippen molar-refractivity contribution in [2.24, 2.45) is 0 Å². The summed E-state index contributed by atoms with van der Waals surface area (Å²) < 4.78 is 14.9. The lowest BCUT2D eigenvalue weighted by molar-refractivity contribution is 0.0956. The Morgan fingerprint density at radius 1 is 1.31 bits per heavy atom. The molecule has 6 rings (SSSR count). The first-order chi connectivity index (χ1) is 15.4. The molecule has 8 heteroatoms. The molecule has 3 atom stereocenters. The van der Waals surface area contributed by atoms with Gasteiger partial charge < -0.3 is 20.9 Å². The molecule has 3 fully saturated rings. The van der Waals surface area contributed by atoms with Gasteiger partial charge in [-0.05, 0) is 49.1 Å². The van der Waals surface area contributed by atoms with Gasteiger partial charge in [0.2, 0.25) is 0 Å². The summed E-state index contributed by atoms with van der Waals surface area (Å²) in [6, 6.07) is 10.4. The second kappa shape index (κ2) is 8.33. The first-order valence-electron chi connectivity index (χ1n) is 11.1. The van der Waals surface area contributed by atoms with Gasteiger partial charge in [0.15, 0.2) is 0 Å². The number of thiophene rings is 1. The standard InChI is InChI=1S/C24H28FN5OS/c1-13(15-5-7-20(19(25)8-15)30-11-16-9-17(12-30)29-16)10-27-23(31)22-21(26-3)18-6-4-14(2)28-24(18)32-22/h4-8,13,16-17,26,29H,9-12H2,1-3H3,(H,27,31). The lowest BCUT2D eigenvalue weighted by Gasteiger charge is -2.49. The van der Waals surface area contributed by atoms with Crippen LogP contribution in [0.2, 0.25) is 0 Å². The maximum atomic E-state index is 14.9. The van der Waals surface area contributed by atoms with Gasteiger partial charge in [-0.3, -0.25) is 4.79 Å². The van der Waals surface area contributed by atoms with Crippen molar-refractivity contribution in [2.75, 3.05) is 36.9 Å². The van der Waals surface area contributed by atoms with E-state index >= 15 is 0 Å². The van der Waals surface area contributed by atoms with Crippen LogP contribution in [-0.4, -0.2) is 49.7 Å². The summed E-state index contributed by atoms with van der Waals surface area (Å²) in [6.45, 7) is 6.09. The van der Waals surface area contributed by atoms with E-state index in [1.54, 1.807) is 6.07 Å². The molecule has 0 aliphatic carbocycles. The van der Waals surface area contributed by atoms with Crippen LogP contribution in [0.25, 0.3) is 10.2 Å². The quantitative estimate of drug-likeness (QED) is 0.529. The zero-order valence-corrected chi connectivity index (χ0v) is 19.4. The third kappa shape index (κ3) is 3.82. The molecule has 3 N–H and O–H groups in total. The number of pyridine rings is 1. The van der Waals surface area contributed by atoms with Gasteiger partial charge in [0.05, 0.1) is 11.4 Å². The van der Waals surface area contributed by atoms with Crippen LogP contribution in [-0.2, 0) is 0 Å². The summed E-state index contributed by atoms with van der Waals surface area (Å²) in [7, 11) is 1.81. The van der Waals surface area contributed by atoms with Crippen molar-refractivity contribution in [3.05, 3.63) is 52.3 Å². The van der Waals surface area contributed by atoms with Crippen LogP contribution < -0.4 is 20.9 Å². The van der Waals surface area contributed by atoms with Crippen molar-refractivity contribution >= 4 is 38.8 Å². The van der Waals surface area contributed by atoms with Gasteiger partial charge in [-0.1, -0.05) is 13.0 Å². The number of halogens is 1. The highest BCUT2D eigenvalue weighted by molar-refractivity contribution is 7.21. The molecular formula is C24H28FN5OS. The van der Waals surface area contributed by atoms with Crippen LogP contribution >= 0.6 is 11.3 Å². The molecule has 0 radical (unpaired) electrons. The van der Waals surface area contributed by atoms with Gasteiger partial charge in [-0.15, -0.1) is 11.3 Å². The molecule has 3 saturated heterocycles. The van der Waals surface area contributed by atoms with Crippen molar-refractivity contribution in [1.29, 1.82) is 0 Å². The van der Waals surface area contributed by atoms with Crippen LogP contribution in [0.5, 0.6) is 0 Å². The molecule has 1 amide bonds. The van der Waals surface area contributed by atoms with Crippen molar-refractivity contribution in [1.82, 2.24) is 15.6 Å². The van der Waals surface area contributed by atoms with E-state index in [0.717, 1.165) is 40.3 Å². The van der Waals surface area contributed by atoms with Gasteiger partial charge in [0, 0.05) is 49.8 Å². The van der Waals surface area contributed by atoms with Crippen LogP contribution in [0.4, 0.5) is 15.8 Å². The first-order valence-corrected chi connectivity index (χ1v) is 11.9. The number of aromatic nitrogens is 1. The summed E-state index contributed by atoms with van der Waals surface area (Å²) in [5, 5.41) is 10.6. The maximum absolute atomic E-state index is 14.9. The number of rotatable bonds is 6. The summed E-state index contributed by atoms with van der Waals surface area (Å²) in [4.78, 5) is 21.1. The monoisotopic (exact) mass is 453 g/mol. The fourth-order valence-corrected chi connectivity index (χ4v) is 5.86. The van der Waals surface area contributed by atoms with E-state index in [2.05, 4.69) is 25.8 Å². The fourth-order valence-electron chi connectivity index (χ4n) is 4.72. The minimum Gasteiger partial charge on any atom is -0.386 e. The third-order valence-electron chi connectivity index (χ3n) is 6.52. The third-order valence-corrected chi connectivity index (χ3v) is 7.62. The molecule has 1 aromatic carbocycles. The maximum Gasteiger partial charge on any atom is 0.263 e. The van der Waals surface area contributed by atoms with E-state index in [0.29, 0.717) is 29.2 Å². The van der Waals surface area contributed by atoms with Crippen molar-refractivity contribution < 1.29 is 9.18 Å². The van der Waals surface area contributed by atoms with E-state index in [4.69, 9.17) is 0 Å². The number of fused-ring (bicyclic) bond motifs is 3. The van der Waals surface area contributed by atoms with Gasteiger partial charge >= 0.3 is 0 Å². The van der Waals surface area contributed by atoms with E-state index in [1.165, 1.54) is 17.8 Å². The number of hydrogen-bond donors (Lipinski definition) is 3. The van der Waals surface area contributed by atoms with Gasteiger partial charge in [0.1, 0.15) is 15.5 Å². The molecule has 168 valence electrons. The Bertz CT molecular complexity index is 1160. The molecule has 2 bridgehead atoms. The number of benzene rings is 1. The van der Waals surface area contributed by atoms with E-state index in [1.807, 2.05) is 45.2 Å². The van der Waals surface area contributed by atoms with Crippen molar-refractivity contribution in [3.8, 4) is 0 Å². The van der Waals surface area contributed by atoms with Crippen LogP contribution in [0.1, 0.15) is 40.2 Å². The van der Waals surface area contributed by atoms with Crippen LogP contribution in [0.3, 0.4) is 0 Å². The van der Waals surface area contributed by atoms with E-state index in [-0.39, 0.29) is 17.6 Å². The summed E-state index contributed by atoms with van der Waals surface area (Å²) in [5.41, 5.74) is 3.28. The Morgan fingerprint density at radius 2 is 2.06 bits per heavy atom. The summed E-state index contributed by atoms with van der Waals surface area (Å²) in [6.07, 6.45) is 1.19. The molecule has 3 aliphatic heterocycles. The average Bonchev–Trinajstić information content (AvgIpc) is 3.14. The number of amides is 1. The molecule has 6 nitrogen and oxygen atoms in total. The van der Waals surface area contributed by atoms with E-state index in [9.17, 15) is 9.18 Å². The predicted molar refractivity (Wildman–Crippen MR) is 129 cm³/mol. The van der Waals surface area contributed by atoms with Gasteiger partial charge in [-0.2, -0.15) is 0 Å². The Kier molecular flexibility index (Phi) is 5.51. The summed E-state index contributed by atoms with van der Waals surface area (Å²) in [5.74, 6) is -0.337. The number of anilines is 2. The highest BCUT2D eigenvalue weighted by atomic mass is 32.1. The predicted octanol–water partition coefficient (Wildman–Crippen LogP) is 3.87. The smallest absolute Gasteiger partial charge is 0.263 e. The van der Waals surface area contributed by atoms with Crippen molar-refractivity contribution in [2.45, 2.75) is 38.3 Å². The van der Waals surface area contributed by atoms with Crippen molar-refractivity contribution in [3.63, 3.8) is 0 Å². The second-order valence-electron chi connectivity index (χ2n) is 8.88. The van der Waals surface area contributed by atoms with Gasteiger partial charge in [-0.25, -0.2) is 9.37 Å². The number of hydrogen-bond acceptors (Lipinski definition) is 6. The minimum absolute atomic E-state index is 0.00768. The van der Waals surface area contributed by atoms with Gasteiger partial charge in [0.25, 0.3) is 5.91 Å². The molecule has 32 heavy (non-hydrogen) atoms. The Hall–Kier alpha value is -2.71. The summed E-state index contributed by atoms with van der Waals surface area (Å²) >= 11 is 1.39. The Morgan fingerprint density at radius 3 is 2.75 bits per heavy atom. The lowest BCUT2D eigenvalue weighted by Crippen LogP contribution is -2.67. The first kappa shape index (κ1) is 21.2.